The normalized spacial score (nSPS) is 11.8. The van der Waals surface area contributed by atoms with Gasteiger partial charge in [-0.05, 0) is 6.08 Å². The number of aliphatic hydroxyl groups excluding tert-OH is 1. The first-order chi connectivity index (χ1) is 6.13. The summed E-state index contributed by atoms with van der Waals surface area (Å²) in [6.07, 6.45) is 3.00. The van der Waals surface area contributed by atoms with E-state index in [0.29, 0.717) is 5.56 Å². The van der Waals surface area contributed by atoms with Crippen molar-refractivity contribution in [3.63, 3.8) is 0 Å². The van der Waals surface area contributed by atoms with Crippen molar-refractivity contribution in [1.82, 2.24) is 9.78 Å². The molecule has 0 spiro atoms. The smallest absolute Gasteiger partial charge is 0.267 e. The second-order valence-corrected chi connectivity index (χ2v) is 2.99. The zero-order valence-electron chi connectivity index (χ0n) is 7.07. The lowest BCUT2D eigenvalue weighted by Gasteiger charge is -1.96. The number of rotatable bonds is 2. The minimum absolute atomic E-state index is 0.212. The van der Waals surface area contributed by atoms with Gasteiger partial charge in [-0.15, -0.1) is 0 Å². The molecule has 0 saturated heterocycles. The highest BCUT2D eigenvalue weighted by Crippen LogP contribution is 2.06. The lowest BCUT2D eigenvalue weighted by molar-refractivity contribution is 0.339. The van der Waals surface area contributed by atoms with E-state index in [9.17, 15) is 4.79 Å². The van der Waals surface area contributed by atoms with Crippen LogP contribution < -0.4 is 5.56 Å². The largest absolute Gasteiger partial charge is 0.391 e. The first-order valence-corrected chi connectivity index (χ1v) is 4.01. The van der Waals surface area contributed by atoms with Gasteiger partial charge in [-0.2, -0.15) is 5.10 Å². The van der Waals surface area contributed by atoms with Crippen LogP contribution in [0.25, 0.3) is 6.08 Å². The predicted molar refractivity (Wildman–Crippen MR) is 50.4 cm³/mol. The van der Waals surface area contributed by atoms with Crippen LogP contribution in [0.5, 0.6) is 0 Å². The molecule has 1 aromatic rings. The second kappa shape index (κ2) is 4.20. The van der Waals surface area contributed by atoms with Crippen LogP contribution in [0.15, 0.2) is 22.1 Å². The summed E-state index contributed by atoms with van der Waals surface area (Å²) in [5, 5.41) is 12.7. The monoisotopic (exact) mass is 200 g/mol. The van der Waals surface area contributed by atoms with Crippen molar-refractivity contribution in [3.05, 3.63) is 33.2 Å². The van der Waals surface area contributed by atoms with Gasteiger partial charge in [0.2, 0.25) is 0 Å². The van der Waals surface area contributed by atoms with E-state index in [4.69, 9.17) is 16.7 Å². The Kier molecular flexibility index (Phi) is 3.22. The maximum atomic E-state index is 11.1. The number of hydrogen-bond donors (Lipinski definition) is 1. The minimum Gasteiger partial charge on any atom is -0.391 e. The molecule has 0 atom stereocenters. The van der Waals surface area contributed by atoms with Crippen LogP contribution >= 0.6 is 11.6 Å². The zero-order chi connectivity index (χ0) is 9.84. The van der Waals surface area contributed by atoms with E-state index in [2.05, 4.69) is 5.10 Å². The molecule has 0 bridgehead atoms. The van der Waals surface area contributed by atoms with Crippen LogP contribution in [0.3, 0.4) is 0 Å². The maximum absolute atomic E-state index is 11.1. The van der Waals surface area contributed by atoms with Crippen LogP contribution in [-0.4, -0.2) is 21.5 Å². The van der Waals surface area contributed by atoms with Gasteiger partial charge < -0.3 is 5.11 Å². The molecule has 4 nitrogen and oxygen atoms in total. The fourth-order valence-electron chi connectivity index (χ4n) is 0.789. The molecule has 0 unspecified atom stereocenters. The van der Waals surface area contributed by atoms with Crippen molar-refractivity contribution in [1.29, 1.82) is 0 Å². The molecule has 0 aliphatic rings. The topological polar surface area (TPSA) is 55.1 Å². The third-order valence-corrected chi connectivity index (χ3v) is 1.69. The molecule has 0 aliphatic carbocycles. The number of nitrogens with zero attached hydrogens (tertiary/aromatic N) is 2. The molecule has 70 valence electrons. The van der Waals surface area contributed by atoms with E-state index in [0.717, 1.165) is 0 Å². The Labute approximate surface area is 80.1 Å². The standard InChI is InChI=1S/C8H9ClN2O2/c1-11-8(13)3-6(4-10-11)2-7(9)5-12/h2-4,12H,5H2,1H3/b7-2-. The summed E-state index contributed by atoms with van der Waals surface area (Å²) in [6.45, 7) is -0.239. The van der Waals surface area contributed by atoms with Gasteiger partial charge >= 0.3 is 0 Å². The molecular weight excluding hydrogens is 192 g/mol. The summed E-state index contributed by atoms with van der Waals surface area (Å²) >= 11 is 5.57. The second-order valence-electron chi connectivity index (χ2n) is 2.50. The molecule has 0 fully saturated rings. The Morgan fingerprint density at radius 1 is 1.85 bits per heavy atom. The van der Waals surface area contributed by atoms with E-state index in [-0.39, 0.29) is 17.2 Å². The lowest BCUT2D eigenvalue weighted by Crippen LogP contribution is -2.18. The number of hydrogen-bond acceptors (Lipinski definition) is 3. The number of halogens is 1. The average molecular weight is 201 g/mol. The van der Waals surface area contributed by atoms with E-state index in [1.165, 1.54) is 23.0 Å². The van der Waals surface area contributed by atoms with Crippen LogP contribution in [0.2, 0.25) is 0 Å². The molecule has 0 saturated carbocycles. The number of aliphatic hydroxyl groups is 1. The first kappa shape index (κ1) is 9.95. The Balaban J connectivity index is 3.05. The van der Waals surface area contributed by atoms with Crippen molar-refractivity contribution in [3.8, 4) is 0 Å². The molecule has 1 rings (SSSR count). The van der Waals surface area contributed by atoms with Gasteiger partial charge in [-0.25, -0.2) is 4.68 Å². The van der Waals surface area contributed by atoms with E-state index < -0.39 is 0 Å². The van der Waals surface area contributed by atoms with E-state index in [1.807, 2.05) is 0 Å². The van der Waals surface area contributed by atoms with Crippen molar-refractivity contribution in [2.45, 2.75) is 0 Å². The van der Waals surface area contributed by atoms with Gasteiger partial charge in [0.15, 0.2) is 0 Å². The molecule has 0 radical (unpaired) electrons. The van der Waals surface area contributed by atoms with Crippen molar-refractivity contribution < 1.29 is 5.11 Å². The highest BCUT2D eigenvalue weighted by atomic mass is 35.5. The predicted octanol–water partition coefficient (Wildman–Crippen LogP) is 0.352. The summed E-state index contributed by atoms with van der Waals surface area (Å²) in [5.74, 6) is 0. The highest BCUT2D eigenvalue weighted by molar-refractivity contribution is 6.31. The van der Waals surface area contributed by atoms with Gasteiger partial charge in [0.25, 0.3) is 5.56 Å². The molecule has 1 N–H and O–H groups in total. The molecule has 13 heavy (non-hydrogen) atoms. The lowest BCUT2D eigenvalue weighted by atomic mass is 10.3. The first-order valence-electron chi connectivity index (χ1n) is 3.64. The number of aromatic nitrogens is 2. The SMILES string of the molecule is Cn1ncc(/C=C(\Cl)CO)cc1=O. The molecule has 1 aromatic heterocycles. The average Bonchev–Trinajstić information content (AvgIpc) is 2.11. The van der Waals surface area contributed by atoms with Crippen molar-refractivity contribution in [2.75, 3.05) is 6.61 Å². The Morgan fingerprint density at radius 2 is 2.54 bits per heavy atom. The van der Waals surface area contributed by atoms with Gasteiger partial charge in [-0.1, -0.05) is 11.6 Å². The van der Waals surface area contributed by atoms with E-state index >= 15 is 0 Å². The van der Waals surface area contributed by atoms with Crippen LogP contribution in [0.4, 0.5) is 0 Å². The summed E-state index contributed by atoms with van der Waals surface area (Å²) in [5.41, 5.74) is 0.373. The summed E-state index contributed by atoms with van der Waals surface area (Å²) in [6, 6.07) is 1.39. The molecule has 0 aromatic carbocycles. The molecule has 5 heteroatoms. The van der Waals surface area contributed by atoms with Gasteiger partial charge in [0.1, 0.15) is 0 Å². The van der Waals surface area contributed by atoms with Crippen molar-refractivity contribution >= 4 is 17.7 Å². The molecular formula is C8H9ClN2O2. The third kappa shape index (κ3) is 2.68. The van der Waals surface area contributed by atoms with Crippen LogP contribution in [0, 0.1) is 0 Å². The minimum atomic E-state index is -0.239. The Morgan fingerprint density at radius 3 is 3.08 bits per heavy atom. The fourth-order valence-corrected chi connectivity index (χ4v) is 0.915. The van der Waals surface area contributed by atoms with Crippen LogP contribution in [0.1, 0.15) is 5.56 Å². The Hall–Kier alpha value is -1.13. The van der Waals surface area contributed by atoms with Gasteiger partial charge in [0.05, 0.1) is 12.8 Å². The fraction of sp³-hybridized carbons (Fsp3) is 0.250. The molecule has 0 aliphatic heterocycles. The Bertz CT molecular complexity index is 384. The summed E-state index contributed by atoms with van der Waals surface area (Å²) < 4.78 is 1.21. The van der Waals surface area contributed by atoms with Crippen LogP contribution in [-0.2, 0) is 7.05 Å². The third-order valence-electron chi connectivity index (χ3n) is 1.46. The highest BCUT2D eigenvalue weighted by Gasteiger charge is 1.95. The van der Waals surface area contributed by atoms with Crippen molar-refractivity contribution in [2.24, 2.45) is 7.05 Å². The summed E-state index contributed by atoms with van der Waals surface area (Å²) in [7, 11) is 1.56. The molecule has 0 amide bonds. The summed E-state index contributed by atoms with van der Waals surface area (Å²) in [4.78, 5) is 11.1. The quantitative estimate of drug-likeness (QED) is 0.750. The van der Waals surface area contributed by atoms with Gasteiger partial charge in [0, 0.05) is 23.7 Å². The molecule has 1 heterocycles. The zero-order valence-corrected chi connectivity index (χ0v) is 7.82. The van der Waals surface area contributed by atoms with E-state index in [1.54, 1.807) is 7.05 Å². The number of aryl methyl sites for hydroxylation is 1. The maximum Gasteiger partial charge on any atom is 0.267 e. The van der Waals surface area contributed by atoms with Gasteiger partial charge in [-0.3, -0.25) is 4.79 Å².